The Bertz CT molecular complexity index is 663. The van der Waals surface area contributed by atoms with E-state index in [4.69, 9.17) is 9.47 Å². The lowest BCUT2D eigenvalue weighted by atomic mass is 10.1. The van der Waals surface area contributed by atoms with Crippen LogP contribution in [0.3, 0.4) is 0 Å². The number of imide groups is 1. The van der Waals surface area contributed by atoms with Gasteiger partial charge in [-0.15, -0.1) is 0 Å². The molecule has 0 spiro atoms. The zero-order valence-corrected chi connectivity index (χ0v) is 14.3. The van der Waals surface area contributed by atoms with Gasteiger partial charge in [0.25, 0.3) is 0 Å². The fourth-order valence-corrected chi connectivity index (χ4v) is 2.33. The smallest absolute Gasteiger partial charge is 0.344 e. The molecule has 1 aliphatic rings. The first kappa shape index (κ1) is 17.8. The molecule has 0 unspecified atom stereocenters. The predicted octanol–water partition coefficient (Wildman–Crippen LogP) is 2.16. The third kappa shape index (κ3) is 4.71. The van der Waals surface area contributed by atoms with Crippen molar-refractivity contribution in [3.8, 4) is 5.75 Å². The molecule has 0 radical (unpaired) electrons. The summed E-state index contributed by atoms with van der Waals surface area (Å²) in [7, 11) is 0. The molecule has 0 bridgehead atoms. The molecule has 130 valence electrons. The number of rotatable bonds is 4. The Morgan fingerprint density at radius 3 is 2.58 bits per heavy atom. The third-order valence-corrected chi connectivity index (χ3v) is 3.29. The molecule has 0 aliphatic carbocycles. The molecule has 1 fully saturated rings. The second kappa shape index (κ2) is 6.90. The van der Waals surface area contributed by atoms with Gasteiger partial charge in [0, 0.05) is 18.7 Å². The van der Waals surface area contributed by atoms with Gasteiger partial charge in [0.2, 0.25) is 5.91 Å². The van der Waals surface area contributed by atoms with Gasteiger partial charge in [0.15, 0.2) is 6.61 Å². The van der Waals surface area contributed by atoms with E-state index in [1.54, 1.807) is 39.0 Å². The highest BCUT2D eigenvalue weighted by atomic mass is 16.6. The van der Waals surface area contributed by atoms with Gasteiger partial charge < -0.3 is 9.47 Å². The van der Waals surface area contributed by atoms with Crippen LogP contribution >= 0.6 is 0 Å². The summed E-state index contributed by atoms with van der Waals surface area (Å²) >= 11 is 0. The molecule has 0 saturated carbocycles. The number of hydrogen-bond acceptors (Lipinski definition) is 5. The molecule has 7 nitrogen and oxygen atoms in total. The number of esters is 1. The van der Waals surface area contributed by atoms with Crippen molar-refractivity contribution in [3.63, 3.8) is 0 Å². The van der Waals surface area contributed by atoms with Crippen molar-refractivity contribution in [1.29, 1.82) is 0 Å². The lowest BCUT2D eigenvalue weighted by Crippen LogP contribution is -2.49. The largest absolute Gasteiger partial charge is 0.482 e. The van der Waals surface area contributed by atoms with Crippen LogP contribution in [0.1, 0.15) is 32.8 Å². The summed E-state index contributed by atoms with van der Waals surface area (Å²) < 4.78 is 10.6. The van der Waals surface area contributed by atoms with Crippen molar-refractivity contribution in [3.05, 3.63) is 23.8 Å². The molecule has 24 heavy (non-hydrogen) atoms. The highest BCUT2D eigenvalue weighted by molar-refractivity contribution is 6.05. The van der Waals surface area contributed by atoms with Gasteiger partial charge in [-0.05, 0) is 51.5 Å². The van der Waals surface area contributed by atoms with E-state index in [0.29, 0.717) is 18.0 Å². The second-order valence-corrected chi connectivity index (χ2v) is 6.58. The lowest BCUT2D eigenvalue weighted by Gasteiger charge is -2.28. The van der Waals surface area contributed by atoms with Crippen molar-refractivity contribution in [2.75, 3.05) is 18.1 Å². The molecular formula is C17H22N2O5. The molecule has 0 atom stereocenters. The number of benzene rings is 1. The summed E-state index contributed by atoms with van der Waals surface area (Å²) in [5.41, 5.74) is 0.949. The number of ether oxygens (including phenoxy) is 2. The minimum Gasteiger partial charge on any atom is -0.482 e. The van der Waals surface area contributed by atoms with Gasteiger partial charge in [-0.3, -0.25) is 15.0 Å². The number of carbonyl (C=O) groups is 3. The van der Waals surface area contributed by atoms with Gasteiger partial charge in [0.05, 0.1) is 0 Å². The normalized spacial score (nSPS) is 15.1. The van der Waals surface area contributed by atoms with Crippen LogP contribution in [0.2, 0.25) is 0 Å². The quantitative estimate of drug-likeness (QED) is 0.853. The fraction of sp³-hybridized carbons (Fsp3) is 0.471. The molecule has 1 aromatic rings. The number of urea groups is 1. The number of amides is 3. The van der Waals surface area contributed by atoms with Gasteiger partial charge in [-0.2, -0.15) is 0 Å². The van der Waals surface area contributed by atoms with E-state index in [2.05, 4.69) is 5.32 Å². The monoisotopic (exact) mass is 334 g/mol. The highest BCUT2D eigenvalue weighted by Crippen LogP contribution is 2.26. The summed E-state index contributed by atoms with van der Waals surface area (Å²) in [5, 5.41) is 2.29. The van der Waals surface area contributed by atoms with E-state index < -0.39 is 17.6 Å². The van der Waals surface area contributed by atoms with Crippen molar-refractivity contribution in [1.82, 2.24) is 5.32 Å². The minimum absolute atomic E-state index is 0.186. The maximum absolute atomic E-state index is 11.9. The predicted molar refractivity (Wildman–Crippen MR) is 88.0 cm³/mol. The fourth-order valence-electron chi connectivity index (χ4n) is 2.33. The van der Waals surface area contributed by atoms with Crippen molar-refractivity contribution < 1.29 is 23.9 Å². The van der Waals surface area contributed by atoms with Gasteiger partial charge in [-0.1, -0.05) is 0 Å². The Morgan fingerprint density at radius 1 is 1.29 bits per heavy atom. The van der Waals surface area contributed by atoms with Gasteiger partial charge in [-0.25, -0.2) is 9.59 Å². The second-order valence-electron chi connectivity index (χ2n) is 6.58. The number of carbonyl (C=O) groups excluding carboxylic acids is 3. The van der Waals surface area contributed by atoms with E-state index in [1.807, 2.05) is 6.92 Å². The molecule has 1 aliphatic heterocycles. The zero-order valence-electron chi connectivity index (χ0n) is 14.3. The number of nitrogens with one attached hydrogen (secondary N) is 1. The molecule has 7 heteroatoms. The summed E-state index contributed by atoms with van der Waals surface area (Å²) in [6, 6.07) is 4.71. The van der Waals surface area contributed by atoms with Crippen molar-refractivity contribution >= 4 is 23.6 Å². The number of anilines is 1. The first-order valence-electron chi connectivity index (χ1n) is 7.72. The van der Waals surface area contributed by atoms with Crippen molar-refractivity contribution in [2.24, 2.45) is 0 Å². The third-order valence-electron chi connectivity index (χ3n) is 3.29. The van der Waals surface area contributed by atoms with Crippen molar-refractivity contribution in [2.45, 2.75) is 39.7 Å². The Balaban J connectivity index is 2.01. The first-order valence-corrected chi connectivity index (χ1v) is 7.72. The molecule has 1 heterocycles. The molecule has 1 saturated heterocycles. The highest BCUT2D eigenvalue weighted by Gasteiger charge is 2.25. The van der Waals surface area contributed by atoms with E-state index in [9.17, 15) is 14.4 Å². The van der Waals surface area contributed by atoms with E-state index >= 15 is 0 Å². The number of aryl methyl sites for hydroxylation is 1. The molecule has 3 amide bonds. The van der Waals surface area contributed by atoms with E-state index in [1.165, 1.54) is 4.90 Å². The first-order chi connectivity index (χ1) is 11.2. The van der Waals surface area contributed by atoms with Crippen LogP contribution in [-0.4, -0.2) is 36.7 Å². The maximum atomic E-state index is 11.9. The Kier molecular flexibility index (Phi) is 5.11. The Hall–Kier alpha value is -2.57. The summed E-state index contributed by atoms with van der Waals surface area (Å²) in [5.74, 6) is -0.208. The van der Waals surface area contributed by atoms with Crippen LogP contribution < -0.4 is 15.0 Å². The topological polar surface area (TPSA) is 84.9 Å². The summed E-state index contributed by atoms with van der Waals surface area (Å²) in [6.45, 7) is 7.35. The summed E-state index contributed by atoms with van der Waals surface area (Å²) in [4.78, 5) is 36.3. The number of hydrogen-bond donors (Lipinski definition) is 1. The minimum atomic E-state index is -0.556. The standard InChI is InChI=1S/C17H22N2O5/c1-11-9-12(23-10-15(21)24-17(2,3)4)5-6-13(11)19-8-7-14(20)18-16(19)22/h5-6,9H,7-8,10H2,1-4H3,(H,18,20,22). The van der Waals surface area contributed by atoms with Crippen LogP contribution in [-0.2, 0) is 14.3 Å². The Labute approximate surface area is 140 Å². The van der Waals surface area contributed by atoms with Crippen LogP contribution in [0.5, 0.6) is 5.75 Å². The summed E-state index contributed by atoms with van der Waals surface area (Å²) in [6.07, 6.45) is 0.266. The van der Waals surface area contributed by atoms with Crippen LogP contribution in [0.15, 0.2) is 18.2 Å². The molecular weight excluding hydrogens is 312 g/mol. The van der Waals surface area contributed by atoms with Gasteiger partial charge in [0.1, 0.15) is 11.4 Å². The van der Waals surface area contributed by atoms with E-state index in [-0.39, 0.29) is 18.9 Å². The van der Waals surface area contributed by atoms with E-state index in [0.717, 1.165) is 5.56 Å². The average molecular weight is 334 g/mol. The maximum Gasteiger partial charge on any atom is 0.344 e. The molecule has 2 rings (SSSR count). The Morgan fingerprint density at radius 2 is 2.00 bits per heavy atom. The zero-order chi connectivity index (χ0) is 17.9. The number of nitrogens with zero attached hydrogens (tertiary/aromatic N) is 1. The SMILES string of the molecule is Cc1cc(OCC(=O)OC(C)(C)C)ccc1N1CCC(=O)NC1=O. The van der Waals surface area contributed by atoms with Crippen LogP contribution in [0.25, 0.3) is 0 Å². The van der Waals surface area contributed by atoms with Gasteiger partial charge >= 0.3 is 12.0 Å². The van der Waals surface area contributed by atoms with Crippen LogP contribution in [0, 0.1) is 6.92 Å². The molecule has 1 N–H and O–H groups in total. The molecule has 1 aromatic carbocycles. The van der Waals surface area contributed by atoms with Crippen LogP contribution in [0.4, 0.5) is 10.5 Å². The lowest BCUT2D eigenvalue weighted by molar-refractivity contribution is -0.157. The molecule has 0 aromatic heterocycles. The average Bonchev–Trinajstić information content (AvgIpc) is 2.44.